The third kappa shape index (κ3) is 2.06. The van der Waals surface area contributed by atoms with Crippen LogP contribution in [0.25, 0.3) is 0 Å². The molecule has 2 saturated heterocycles. The van der Waals surface area contributed by atoms with Crippen LogP contribution >= 0.6 is 24.2 Å². The van der Waals surface area contributed by atoms with E-state index in [0.29, 0.717) is 6.54 Å². The van der Waals surface area contributed by atoms with Crippen LogP contribution in [0.2, 0.25) is 0 Å². The van der Waals surface area contributed by atoms with Crippen molar-refractivity contribution < 1.29 is 4.39 Å². The van der Waals surface area contributed by atoms with Gasteiger partial charge in [-0.25, -0.2) is 4.39 Å². The molecule has 1 unspecified atom stereocenters. The van der Waals surface area contributed by atoms with Crippen molar-refractivity contribution in [3.05, 3.63) is 0 Å². The highest BCUT2D eigenvalue weighted by Gasteiger charge is 2.39. The molecule has 2 fully saturated rings. The van der Waals surface area contributed by atoms with Gasteiger partial charge in [0.15, 0.2) is 0 Å². The summed E-state index contributed by atoms with van der Waals surface area (Å²) in [7, 11) is 0. The maximum atomic E-state index is 12.9. The third-order valence-corrected chi connectivity index (χ3v) is 3.75. The monoisotopic (exact) mass is 211 g/mol. The van der Waals surface area contributed by atoms with Gasteiger partial charge >= 0.3 is 0 Å². The van der Waals surface area contributed by atoms with E-state index in [1.54, 1.807) is 0 Å². The van der Waals surface area contributed by atoms with Gasteiger partial charge in [0.2, 0.25) is 0 Å². The molecule has 2 heterocycles. The molecule has 2 rings (SSSR count). The smallest absolute Gasteiger partial charge is 0.114 e. The Kier molecular flexibility index (Phi) is 3.68. The van der Waals surface area contributed by atoms with E-state index < -0.39 is 6.17 Å². The minimum absolute atomic E-state index is 0. The van der Waals surface area contributed by atoms with Gasteiger partial charge in [-0.05, 0) is 30.8 Å². The highest BCUT2D eigenvalue weighted by atomic mass is 35.5. The summed E-state index contributed by atoms with van der Waals surface area (Å²) < 4.78 is 12.9. The lowest BCUT2D eigenvalue weighted by atomic mass is 9.90. The summed E-state index contributed by atoms with van der Waals surface area (Å²) in [5, 5.41) is 3.33. The zero-order valence-corrected chi connectivity index (χ0v) is 8.65. The van der Waals surface area contributed by atoms with E-state index in [1.807, 2.05) is 11.8 Å². The number of hydrogen-bond donors (Lipinski definition) is 1. The molecular weight excluding hydrogens is 197 g/mol. The first-order valence-corrected chi connectivity index (χ1v) is 5.43. The van der Waals surface area contributed by atoms with Gasteiger partial charge < -0.3 is 5.32 Å². The summed E-state index contributed by atoms with van der Waals surface area (Å²) in [4.78, 5) is 0. The Morgan fingerprint density at radius 1 is 1.33 bits per heavy atom. The summed E-state index contributed by atoms with van der Waals surface area (Å²) in [6.45, 7) is 0.588. The second-order valence-corrected chi connectivity index (χ2v) is 4.80. The van der Waals surface area contributed by atoms with E-state index in [0.717, 1.165) is 19.3 Å². The normalized spacial score (nSPS) is 33.2. The molecule has 2 aliphatic heterocycles. The molecule has 1 nitrogen and oxygen atoms in total. The molecule has 4 heteroatoms. The van der Waals surface area contributed by atoms with Crippen molar-refractivity contribution in [3.63, 3.8) is 0 Å². The van der Waals surface area contributed by atoms with Gasteiger partial charge in [0.1, 0.15) is 6.17 Å². The number of nitrogens with one attached hydrogen (secondary N) is 1. The standard InChI is InChI=1S/C8H14FNS.ClH/c9-7-5-8(10-6-7)1-3-11-4-2-8;/h7,10H,1-6H2;1H. The van der Waals surface area contributed by atoms with Crippen LogP contribution in [0.15, 0.2) is 0 Å². The van der Waals surface area contributed by atoms with Gasteiger partial charge in [-0.1, -0.05) is 0 Å². The first kappa shape index (κ1) is 10.6. The van der Waals surface area contributed by atoms with Crippen LogP contribution in [0.4, 0.5) is 4.39 Å². The Hall–Kier alpha value is 0.530. The molecular formula is C8H15ClFNS. The quantitative estimate of drug-likeness (QED) is 0.658. The molecule has 0 aromatic rings. The van der Waals surface area contributed by atoms with Gasteiger partial charge in [0.25, 0.3) is 0 Å². The summed E-state index contributed by atoms with van der Waals surface area (Å²) in [5.74, 6) is 2.42. The van der Waals surface area contributed by atoms with Gasteiger partial charge in [0, 0.05) is 12.1 Å². The van der Waals surface area contributed by atoms with Crippen LogP contribution in [0, 0.1) is 0 Å². The van der Waals surface area contributed by atoms with Crippen molar-refractivity contribution in [2.24, 2.45) is 0 Å². The maximum Gasteiger partial charge on any atom is 0.114 e. The molecule has 1 N–H and O–H groups in total. The number of alkyl halides is 1. The Bertz CT molecular complexity index is 144. The number of thioether (sulfide) groups is 1. The van der Waals surface area contributed by atoms with Crippen molar-refractivity contribution in [2.75, 3.05) is 18.1 Å². The van der Waals surface area contributed by atoms with Gasteiger partial charge in [-0.2, -0.15) is 11.8 Å². The Morgan fingerprint density at radius 2 is 2.00 bits per heavy atom. The molecule has 0 aliphatic carbocycles. The first-order valence-electron chi connectivity index (χ1n) is 4.28. The largest absolute Gasteiger partial charge is 0.308 e. The lowest BCUT2D eigenvalue weighted by Crippen LogP contribution is -2.42. The number of halogens is 2. The van der Waals surface area contributed by atoms with Gasteiger partial charge in [-0.3, -0.25) is 0 Å². The molecule has 2 aliphatic rings. The highest BCUT2D eigenvalue weighted by molar-refractivity contribution is 7.99. The molecule has 0 saturated carbocycles. The van der Waals surface area contributed by atoms with Crippen molar-refractivity contribution >= 4 is 24.2 Å². The van der Waals surface area contributed by atoms with Crippen molar-refractivity contribution in [1.82, 2.24) is 5.32 Å². The van der Waals surface area contributed by atoms with Crippen LogP contribution in [0.1, 0.15) is 19.3 Å². The number of hydrogen-bond acceptors (Lipinski definition) is 2. The summed E-state index contributed by atoms with van der Waals surface area (Å²) in [6.07, 6.45) is 2.50. The van der Waals surface area contributed by atoms with Crippen molar-refractivity contribution in [3.8, 4) is 0 Å². The van der Waals surface area contributed by atoms with Gasteiger partial charge in [0.05, 0.1) is 0 Å². The lowest BCUT2D eigenvalue weighted by Gasteiger charge is -2.32. The van der Waals surface area contributed by atoms with E-state index in [2.05, 4.69) is 5.32 Å². The minimum atomic E-state index is -0.585. The lowest BCUT2D eigenvalue weighted by molar-refractivity contribution is 0.303. The Labute approximate surface area is 83.3 Å². The molecule has 0 aromatic carbocycles. The van der Waals surface area contributed by atoms with E-state index >= 15 is 0 Å². The van der Waals surface area contributed by atoms with E-state index in [-0.39, 0.29) is 17.9 Å². The molecule has 12 heavy (non-hydrogen) atoms. The van der Waals surface area contributed by atoms with E-state index in [4.69, 9.17) is 0 Å². The fourth-order valence-corrected chi connectivity index (χ4v) is 3.31. The summed E-state index contributed by atoms with van der Waals surface area (Å²) in [5.41, 5.74) is 0.199. The molecule has 1 spiro atoms. The second kappa shape index (κ2) is 4.16. The molecule has 0 bridgehead atoms. The Morgan fingerprint density at radius 3 is 2.50 bits per heavy atom. The average molecular weight is 212 g/mol. The molecule has 0 radical (unpaired) electrons. The average Bonchev–Trinajstić information content (AvgIpc) is 2.34. The van der Waals surface area contributed by atoms with E-state index in [1.165, 1.54) is 11.5 Å². The molecule has 72 valence electrons. The highest BCUT2D eigenvalue weighted by Crippen LogP contribution is 2.34. The number of rotatable bonds is 0. The van der Waals surface area contributed by atoms with Crippen LogP contribution in [-0.4, -0.2) is 29.8 Å². The zero-order valence-electron chi connectivity index (χ0n) is 7.01. The predicted molar refractivity (Wildman–Crippen MR) is 54.1 cm³/mol. The SMILES string of the molecule is Cl.FC1CNC2(CCSCC2)C1. The van der Waals surface area contributed by atoms with Gasteiger partial charge in [-0.15, -0.1) is 12.4 Å². The predicted octanol–water partition coefficient (Wildman–Crippen LogP) is 2.01. The fourth-order valence-electron chi connectivity index (χ4n) is 2.04. The topological polar surface area (TPSA) is 12.0 Å². The summed E-state index contributed by atoms with van der Waals surface area (Å²) in [6, 6.07) is 0. The maximum absolute atomic E-state index is 12.9. The first-order chi connectivity index (χ1) is 5.31. The minimum Gasteiger partial charge on any atom is -0.308 e. The molecule has 1 atom stereocenters. The Balaban J connectivity index is 0.000000720. The van der Waals surface area contributed by atoms with E-state index in [9.17, 15) is 4.39 Å². The van der Waals surface area contributed by atoms with Crippen LogP contribution in [0.5, 0.6) is 0 Å². The second-order valence-electron chi connectivity index (χ2n) is 3.58. The van der Waals surface area contributed by atoms with Crippen LogP contribution in [-0.2, 0) is 0 Å². The summed E-state index contributed by atoms with van der Waals surface area (Å²) >= 11 is 1.99. The third-order valence-electron chi connectivity index (χ3n) is 2.76. The van der Waals surface area contributed by atoms with Crippen LogP contribution < -0.4 is 5.32 Å². The fraction of sp³-hybridized carbons (Fsp3) is 1.00. The van der Waals surface area contributed by atoms with Crippen molar-refractivity contribution in [1.29, 1.82) is 0 Å². The molecule has 0 aromatic heterocycles. The van der Waals surface area contributed by atoms with Crippen molar-refractivity contribution in [2.45, 2.75) is 31.0 Å². The molecule has 0 amide bonds. The van der Waals surface area contributed by atoms with Crippen LogP contribution in [0.3, 0.4) is 0 Å². The zero-order chi connectivity index (χ0) is 7.73.